The lowest BCUT2D eigenvalue weighted by atomic mass is 10.0. The summed E-state index contributed by atoms with van der Waals surface area (Å²) in [6.45, 7) is 0.822. The number of nitrogens with zero attached hydrogens (tertiary/aromatic N) is 10. The Hall–Kier alpha value is -15.2. The number of benzene rings is 5. The van der Waals surface area contributed by atoms with Gasteiger partial charge in [-0.3, -0.25) is 0 Å². The van der Waals surface area contributed by atoms with Gasteiger partial charge in [0.15, 0.2) is 37.2 Å². The van der Waals surface area contributed by atoms with Crippen LogP contribution in [0.25, 0.3) is 182 Å². The van der Waals surface area contributed by atoms with Crippen molar-refractivity contribution in [3.63, 3.8) is 0 Å². The first-order chi connectivity index (χ1) is 54.0. The third kappa shape index (κ3) is 12.8. The largest absolute Gasteiger partial charge is 0.493 e. The van der Waals surface area contributed by atoms with Crippen molar-refractivity contribution < 1.29 is 23.2 Å². The SMILES string of the molecule is C[n+]1ccc(-c2c3nc(c(-c4cc[n+](C)cc4)c4ccc([nH]4)c(-c4cc[n+](C)cc4)c4nc(c(-c5ccc(OCCCOc6ccc(-c7c8nc(c(-c9ccc(C#N)cc9)c9ccc([nH]9)c(-c9ccc(C#N)cc9)c9nc(c(-c%10ccc(C#N)cc%10)c%10ccc7[nH]%10)C=C9)C=C8)cc6)cc5)c5ccc2[nH]5)C=C4)C=C3)cc1. The van der Waals surface area contributed by atoms with Gasteiger partial charge in [-0.2, -0.15) is 15.8 Å². The molecule has 0 saturated heterocycles. The fourth-order valence-corrected chi connectivity index (χ4v) is 14.9. The Balaban J connectivity index is 0.669. The average molecular weight is 1420 g/mol. The molecule has 9 aromatic heterocycles. The predicted molar refractivity (Wildman–Crippen MR) is 434 cm³/mol. The molecule has 4 aliphatic rings. The number of nitriles is 3. The zero-order valence-electron chi connectivity index (χ0n) is 60.1. The summed E-state index contributed by atoms with van der Waals surface area (Å²) in [5, 5.41) is 29.5. The van der Waals surface area contributed by atoms with Gasteiger partial charge in [-0.1, -0.05) is 60.7 Å². The van der Waals surface area contributed by atoms with Crippen molar-refractivity contribution >= 4 is 92.7 Å². The van der Waals surface area contributed by atoms with Crippen molar-refractivity contribution in [3.8, 4) is 119 Å². The lowest BCUT2D eigenvalue weighted by Crippen LogP contribution is -2.25. The number of aromatic amines is 4. The third-order valence-electron chi connectivity index (χ3n) is 20.3. The van der Waals surface area contributed by atoms with Crippen molar-refractivity contribution in [2.24, 2.45) is 21.1 Å². The van der Waals surface area contributed by atoms with Crippen molar-refractivity contribution in [1.82, 2.24) is 39.9 Å². The van der Waals surface area contributed by atoms with Crippen molar-refractivity contribution in [2.75, 3.05) is 13.2 Å². The van der Waals surface area contributed by atoms with Crippen LogP contribution in [0.5, 0.6) is 11.5 Å². The Labute approximate surface area is 633 Å². The van der Waals surface area contributed by atoms with Gasteiger partial charge in [0.05, 0.1) is 93.7 Å². The van der Waals surface area contributed by atoms with E-state index in [0.29, 0.717) is 53.5 Å². The summed E-state index contributed by atoms with van der Waals surface area (Å²) in [5.41, 5.74) is 29.5. The molecule has 14 aromatic rings. The smallest absolute Gasteiger partial charge is 0.169 e. The molecule has 16 heteroatoms. The highest BCUT2D eigenvalue weighted by Gasteiger charge is 2.24. The van der Waals surface area contributed by atoms with E-state index in [1.165, 1.54) is 0 Å². The van der Waals surface area contributed by atoms with E-state index in [-0.39, 0.29) is 0 Å². The Morgan fingerprint density at radius 1 is 0.255 bits per heavy atom. The molecule has 4 aliphatic heterocycles. The van der Waals surface area contributed by atoms with Crippen LogP contribution < -0.4 is 23.2 Å². The summed E-state index contributed by atoms with van der Waals surface area (Å²) in [6.07, 6.45) is 29.6. The molecule has 16 bridgehead atoms. The van der Waals surface area contributed by atoms with Crippen LogP contribution in [0.3, 0.4) is 0 Å². The minimum atomic E-state index is 0.407. The van der Waals surface area contributed by atoms with Gasteiger partial charge in [0.2, 0.25) is 0 Å². The fourth-order valence-electron chi connectivity index (χ4n) is 14.9. The van der Waals surface area contributed by atoms with Gasteiger partial charge in [0.1, 0.15) is 32.6 Å². The summed E-state index contributed by atoms with van der Waals surface area (Å²) in [4.78, 5) is 37.2. The van der Waals surface area contributed by atoms with Crippen LogP contribution in [0.2, 0.25) is 0 Å². The maximum absolute atomic E-state index is 9.87. The number of hydrogen-bond acceptors (Lipinski definition) is 9. The van der Waals surface area contributed by atoms with E-state index in [1.54, 1.807) is 0 Å². The minimum Gasteiger partial charge on any atom is -0.493 e. The number of fused-ring (bicyclic) bond motifs is 16. The van der Waals surface area contributed by atoms with E-state index in [2.05, 4.69) is 203 Å². The molecule has 0 saturated carbocycles. The van der Waals surface area contributed by atoms with Gasteiger partial charge < -0.3 is 29.4 Å². The van der Waals surface area contributed by atoms with Crippen LogP contribution >= 0.6 is 0 Å². The van der Waals surface area contributed by atoms with E-state index in [9.17, 15) is 15.8 Å². The Morgan fingerprint density at radius 3 is 0.627 bits per heavy atom. The lowest BCUT2D eigenvalue weighted by molar-refractivity contribution is -0.671. The van der Waals surface area contributed by atoms with Gasteiger partial charge in [-0.05, 0) is 202 Å². The van der Waals surface area contributed by atoms with Gasteiger partial charge in [-0.15, -0.1) is 0 Å². The zero-order chi connectivity index (χ0) is 74.3. The van der Waals surface area contributed by atoms with E-state index in [1.807, 2.05) is 162 Å². The quantitative estimate of drug-likeness (QED) is 0.0601. The topological polar surface area (TPSA) is 216 Å². The van der Waals surface area contributed by atoms with Crippen molar-refractivity contribution in [1.29, 1.82) is 15.8 Å². The highest BCUT2D eigenvalue weighted by Crippen LogP contribution is 2.42. The molecule has 13 heterocycles. The van der Waals surface area contributed by atoms with Gasteiger partial charge in [0, 0.05) is 131 Å². The Morgan fingerprint density at radius 2 is 0.436 bits per heavy atom. The molecule has 18 rings (SSSR count). The second-order valence-electron chi connectivity index (χ2n) is 27.4. The molecule has 522 valence electrons. The molecule has 0 unspecified atom stereocenters. The summed E-state index contributed by atoms with van der Waals surface area (Å²) in [6, 6.07) is 75.4. The molecule has 110 heavy (non-hydrogen) atoms. The fraction of sp³-hybridized carbons (Fsp3) is 0.0638. The van der Waals surface area contributed by atoms with E-state index in [4.69, 9.17) is 29.4 Å². The standard InChI is InChI=1S/C94H65N14O2/c1-106-47-41-66(42-48-106)92-81-35-33-79(102-81)91(80-34-36-82(103-80)93(67-43-49-107(2)50-44-67)84-38-40-86(105-84)94(85-39-37-83(92)104-85)68-45-51-108(3)52-46-68)65-19-23-70(24-20-65)110-54-4-53-109-69-21-17-64(18-22-69)90-77-31-29-75(100-77)88(62-13-7-59(56-96)8-14-62)73-27-25-71(98-73)87(61-11-5-58(55-95)6-12-61)72-26-28-74(99-72)89(76-30-32-78(90)101-76)63-15-9-60(57-97)10-16-63/h5-52H,4,53-54H2,1-3H3,(H2,102,103,104,105)/q+1/p+2. The monoisotopic (exact) mass is 1420 g/mol. The second kappa shape index (κ2) is 28.4. The van der Waals surface area contributed by atoms with E-state index in [0.717, 1.165) is 173 Å². The first kappa shape index (κ1) is 66.8. The molecule has 0 amide bonds. The van der Waals surface area contributed by atoms with Crippen LogP contribution in [0.1, 0.15) is 68.7 Å². The minimum absolute atomic E-state index is 0.407. The molecule has 4 N–H and O–H groups in total. The van der Waals surface area contributed by atoms with Crippen LogP contribution in [-0.4, -0.2) is 53.1 Å². The normalized spacial score (nSPS) is 11.9. The van der Waals surface area contributed by atoms with Gasteiger partial charge >= 0.3 is 0 Å². The molecule has 0 atom stereocenters. The van der Waals surface area contributed by atoms with Crippen molar-refractivity contribution in [2.45, 2.75) is 6.42 Å². The zero-order valence-corrected chi connectivity index (χ0v) is 60.1. The molecular weight excluding hydrogens is 1360 g/mol. The summed E-state index contributed by atoms with van der Waals surface area (Å²) >= 11 is 0. The maximum Gasteiger partial charge on any atom is 0.169 e. The predicted octanol–water partition coefficient (Wildman–Crippen LogP) is 18.9. The van der Waals surface area contributed by atoms with Gasteiger partial charge in [-0.25, -0.2) is 33.6 Å². The molecular formula is C94H67N14O2+3. The number of rotatable bonds is 14. The van der Waals surface area contributed by atoms with Crippen LogP contribution in [0.15, 0.2) is 243 Å². The molecule has 16 nitrogen and oxygen atoms in total. The van der Waals surface area contributed by atoms with Crippen LogP contribution in [0, 0.1) is 34.0 Å². The third-order valence-corrected chi connectivity index (χ3v) is 20.3. The number of aryl methyl sites for hydroxylation is 3. The highest BCUT2D eigenvalue weighted by molar-refractivity contribution is 6.03. The highest BCUT2D eigenvalue weighted by atomic mass is 16.5. The van der Waals surface area contributed by atoms with E-state index < -0.39 is 0 Å². The maximum atomic E-state index is 9.87. The molecule has 0 radical (unpaired) electrons. The summed E-state index contributed by atoms with van der Waals surface area (Å²) < 4.78 is 19.0. The summed E-state index contributed by atoms with van der Waals surface area (Å²) in [5.74, 6) is 1.43. The Bertz CT molecular complexity index is 6580. The van der Waals surface area contributed by atoms with Crippen LogP contribution in [-0.2, 0) is 21.1 Å². The lowest BCUT2D eigenvalue weighted by Gasteiger charge is -2.10. The second-order valence-corrected chi connectivity index (χ2v) is 27.4. The average Bonchev–Trinajstić information content (AvgIpc) is 1.81. The number of ether oxygens (including phenoxy) is 2. The number of pyridine rings is 3. The van der Waals surface area contributed by atoms with Crippen molar-refractivity contribution in [3.05, 3.63) is 306 Å². The van der Waals surface area contributed by atoms with Crippen LogP contribution in [0.4, 0.5) is 0 Å². The number of H-pyrrole nitrogens is 4. The first-order valence-corrected chi connectivity index (χ1v) is 36.2. The molecule has 5 aromatic carbocycles. The first-order valence-electron chi connectivity index (χ1n) is 36.2. The number of aromatic nitrogens is 11. The van der Waals surface area contributed by atoms with Gasteiger partial charge in [0.25, 0.3) is 0 Å². The molecule has 0 spiro atoms. The molecule has 0 aliphatic carbocycles. The summed E-state index contributed by atoms with van der Waals surface area (Å²) in [7, 11) is 6.08. The molecule has 0 fully saturated rings. The number of hydrogen-bond donors (Lipinski definition) is 4. The van der Waals surface area contributed by atoms with E-state index >= 15 is 0 Å². The Kier molecular flexibility index (Phi) is 17.2. The number of nitrogens with one attached hydrogen (secondary N) is 4.